The predicted octanol–water partition coefficient (Wildman–Crippen LogP) is 2.56. The third-order valence-electron chi connectivity index (χ3n) is 3.38. The highest BCUT2D eigenvalue weighted by Crippen LogP contribution is 2.38. The van der Waals surface area contributed by atoms with Crippen LogP contribution in [0.15, 0.2) is 29.2 Å². The van der Waals surface area contributed by atoms with E-state index in [1.54, 1.807) is 16.4 Å². The minimum Gasteiger partial charge on any atom is -0.207 e. The molecule has 1 fully saturated rings. The Labute approximate surface area is 104 Å². The zero-order valence-electron chi connectivity index (χ0n) is 10.6. The molecule has 1 saturated heterocycles. The molecule has 2 rings (SSSR count). The minimum atomic E-state index is -3.27. The predicted molar refractivity (Wildman–Crippen MR) is 68.4 cm³/mol. The molecule has 3 atom stereocenters. The molecule has 0 N–H and O–H groups in total. The van der Waals surface area contributed by atoms with Crippen LogP contribution < -0.4 is 0 Å². The van der Waals surface area contributed by atoms with E-state index in [0.29, 0.717) is 4.90 Å². The molecule has 3 nitrogen and oxygen atoms in total. The lowest BCUT2D eigenvalue weighted by atomic mass is 10.2. The lowest BCUT2D eigenvalue weighted by Gasteiger charge is -2.06. The number of rotatable bonds is 4. The van der Waals surface area contributed by atoms with Gasteiger partial charge in [0.05, 0.1) is 4.90 Å². The maximum Gasteiger partial charge on any atom is 0.243 e. The molecule has 4 heteroatoms. The summed E-state index contributed by atoms with van der Waals surface area (Å²) in [5.41, 5.74) is 1.08. The van der Waals surface area contributed by atoms with Gasteiger partial charge in [-0.05, 0) is 32.4 Å². The van der Waals surface area contributed by atoms with Gasteiger partial charge < -0.3 is 0 Å². The maximum atomic E-state index is 12.3. The summed E-state index contributed by atoms with van der Waals surface area (Å²) in [5.74, 6) is 0. The average molecular weight is 253 g/mol. The molecular formula is C13H19NO2S. The molecule has 0 spiro atoms. The number of aryl methyl sites for hydroxylation is 1. The van der Waals surface area contributed by atoms with Crippen LogP contribution in [0.25, 0.3) is 0 Å². The molecule has 0 aromatic heterocycles. The van der Waals surface area contributed by atoms with Gasteiger partial charge in [-0.15, -0.1) is 0 Å². The first-order valence-corrected chi connectivity index (χ1v) is 7.52. The number of hydrogen-bond acceptors (Lipinski definition) is 2. The van der Waals surface area contributed by atoms with Gasteiger partial charge >= 0.3 is 0 Å². The molecule has 0 amide bonds. The highest BCUT2D eigenvalue weighted by atomic mass is 32.2. The van der Waals surface area contributed by atoms with Gasteiger partial charge in [0.25, 0.3) is 0 Å². The van der Waals surface area contributed by atoms with Gasteiger partial charge in [0.2, 0.25) is 10.0 Å². The van der Waals surface area contributed by atoms with Crippen molar-refractivity contribution in [3.8, 4) is 0 Å². The maximum absolute atomic E-state index is 12.3. The number of benzene rings is 1. The highest BCUT2D eigenvalue weighted by molar-refractivity contribution is 7.89. The monoisotopic (exact) mass is 253 g/mol. The number of nitrogens with zero attached hydrogens (tertiary/aromatic N) is 1. The van der Waals surface area contributed by atoms with Gasteiger partial charge in [-0.3, -0.25) is 0 Å². The van der Waals surface area contributed by atoms with Crippen molar-refractivity contribution in [2.75, 3.05) is 0 Å². The van der Waals surface area contributed by atoms with Crippen LogP contribution in [-0.2, 0) is 10.0 Å². The summed E-state index contributed by atoms with van der Waals surface area (Å²) in [6.45, 7) is 6.02. The van der Waals surface area contributed by atoms with Crippen LogP contribution in [0.2, 0.25) is 0 Å². The molecule has 0 aliphatic carbocycles. The molecule has 0 radical (unpaired) electrons. The molecule has 1 heterocycles. The third-order valence-corrected chi connectivity index (χ3v) is 5.40. The SMILES string of the molecule is CCC[C@@H]1[C@H](C)N1S(=O)(=O)c1ccc(C)cc1. The van der Waals surface area contributed by atoms with Crippen LogP contribution in [0.4, 0.5) is 0 Å². The minimum absolute atomic E-state index is 0.154. The molecule has 94 valence electrons. The van der Waals surface area contributed by atoms with Crippen molar-refractivity contribution in [2.24, 2.45) is 0 Å². The summed E-state index contributed by atoms with van der Waals surface area (Å²) in [6, 6.07) is 7.43. The van der Waals surface area contributed by atoms with Crippen LogP contribution in [0, 0.1) is 6.92 Å². The molecule has 17 heavy (non-hydrogen) atoms. The lowest BCUT2D eigenvalue weighted by Crippen LogP contribution is -2.15. The summed E-state index contributed by atoms with van der Waals surface area (Å²) >= 11 is 0. The van der Waals surface area contributed by atoms with Crippen molar-refractivity contribution < 1.29 is 8.42 Å². The summed E-state index contributed by atoms with van der Waals surface area (Å²) in [7, 11) is -3.27. The Bertz CT molecular complexity index is 493. The zero-order chi connectivity index (χ0) is 12.6. The van der Waals surface area contributed by atoms with Crippen molar-refractivity contribution in [1.82, 2.24) is 4.31 Å². The Morgan fingerprint density at radius 2 is 1.82 bits per heavy atom. The standard InChI is InChI=1S/C13H19NO2S/c1-4-5-13-11(3)14(13)17(15,16)12-8-6-10(2)7-9-12/h6-9,11,13H,4-5H2,1-3H3/t11-,13+,14?/m0/s1. The second kappa shape index (κ2) is 4.42. The molecule has 1 aromatic carbocycles. The van der Waals surface area contributed by atoms with Crippen LogP contribution in [0.5, 0.6) is 0 Å². The summed E-state index contributed by atoms with van der Waals surface area (Å²) < 4.78 is 26.3. The van der Waals surface area contributed by atoms with Crippen molar-refractivity contribution >= 4 is 10.0 Å². The van der Waals surface area contributed by atoms with Crippen molar-refractivity contribution in [3.63, 3.8) is 0 Å². The van der Waals surface area contributed by atoms with Gasteiger partial charge in [-0.25, -0.2) is 8.42 Å². The third kappa shape index (κ3) is 2.24. The first kappa shape index (κ1) is 12.6. The number of hydrogen-bond donors (Lipinski definition) is 0. The summed E-state index contributed by atoms with van der Waals surface area (Å²) in [5, 5.41) is 0. The second-order valence-corrected chi connectivity index (χ2v) is 6.59. The van der Waals surface area contributed by atoms with Gasteiger partial charge in [0, 0.05) is 12.1 Å². The van der Waals surface area contributed by atoms with Gasteiger partial charge in [0.1, 0.15) is 0 Å². The van der Waals surface area contributed by atoms with Gasteiger partial charge in [0.15, 0.2) is 0 Å². The zero-order valence-corrected chi connectivity index (χ0v) is 11.4. The number of sulfonamides is 1. The van der Waals surface area contributed by atoms with Gasteiger partial charge in [-0.2, -0.15) is 4.31 Å². The van der Waals surface area contributed by atoms with Gasteiger partial charge in [-0.1, -0.05) is 31.0 Å². The molecule has 1 aromatic rings. The lowest BCUT2D eigenvalue weighted by molar-refractivity contribution is 0.542. The highest BCUT2D eigenvalue weighted by Gasteiger charge is 2.51. The van der Waals surface area contributed by atoms with E-state index >= 15 is 0 Å². The Balaban J connectivity index is 2.23. The quantitative estimate of drug-likeness (QED) is 0.773. The van der Waals surface area contributed by atoms with E-state index in [0.717, 1.165) is 18.4 Å². The summed E-state index contributed by atoms with van der Waals surface area (Å²) in [4.78, 5) is 0.411. The fraction of sp³-hybridized carbons (Fsp3) is 0.538. The molecule has 1 aliphatic rings. The van der Waals surface area contributed by atoms with E-state index in [1.807, 2.05) is 26.0 Å². The van der Waals surface area contributed by atoms with E-state index in [1.165, 1.54) is 0 Å². The van der Waals surface area contributed by atoms with Crippen LogP contribution in [0.3, 0.4) is 0 Å². The topological polar surface area (TPSA) is 37.1 Å². The van der Waals surface area contributed by atoms with Crippen LogP contribution in [0.1, 0.15) is 32.3 Å². The Morgan fingerprint density at radius 3 is 2.35 bits per heavy atom. The first-order valence-electron chi connectivity index (χ1n) is 6.08. The second-order valence-electron chi connectivity index (χ2n) is 4.74. The molecule has 1 aliphatic heterocycles. The van der Waals surface area contributed by atoms with E-state index in [2.05, 4.69) is 6.92 Å². The molecular weight excluding hydrogens is 234 g/mol. The van der Waals surface area contributed by atoms with Crippen LogP contribution >= 0.6 is 0 Å². The fourth-order valence-corrected chi connectivity index (χ4v) is 4.16. The molecule has 0 saturated carbocycles. The Hall–Kier alpha value is -0.870. The normalized spacial score (nSPS) is 28.1. The fourth-order valence-electron chi connectivity index (χ4n) is 2.28. The molecule has 1 unspecified atom stereocenters. The van der Waals surface area contributed by atoms with Crippen molar-refractivity contribution in [2.45, 2.75) is 50.6 Å². The molecule has 0 bridgehead atoms. The van der Waals surface area contributed by atoms with Crippen molar-refractivity contribution in [1.29, 1.82) is 0 Å². The van der Waals surface area contributed by atoms with E-state index < -0.39 is 10.0 Å². The largest absolute Gasteiger partial charge is 0.243 e. The first-order chi connectivity index (χ1) is 7.98. The van der Waals surface area contributed by atoms with E-state index in [4.69, 9.17) is 0 Å². The van der Waals surface area contributed by atoms with Crippen molar-refractivity contribution in [3.05, 3.63) is 29.8 Å². The van der Waals surface area contributed by atoms with Crippen LogP contribution in [-0.4, -0.2) is 24.8 Å². The summed E-state index contributed by atoms with van der Waals surface area (Å²) in [6.07, 6.45) is 1.97. The smallest absolute Gasteiger partial charge is 0.207 e. The Kier molecular flexibility index (Phi) is 3.27. The van der Waals surface area contributed by atoms with E-state index in [9.17, 15) is 8.42 Å². The average Bonchev–Trinajstić information content (AvgIpc) is 2.91. The van der Waals surface area contributed by atoms with E-state index in [-0.39, 0.29) is 12.1 Å². The Morgan fingerprint density at radius 1 is 1.24 bits per heavy atom.